The molecule has 1 saturated heterocycles. The molecule has 0 radical (unpaired) electrons. The maximum atomic E-state index is 12.3. The Morgan fingerprint density at radius 2 is 1.55 bits per heavy atom. The smallest absolute Gasteiger partial charge is 0.236 e. The van der Waals surface area contributed by atoms with Crippen molar-refractivity contribution in [2.75, 3.05) is 52.4 Å². The molecule has 4 nitrogen and oxygen atoms in total. The number of hydrogen-bond donors (Lipinski definition) is 0. The number of piperazine rings is 1. The van der Waals surface area contributed by atoms with Crippen molar-refractivity contribution in [2.45, 2.75) is 46.5 Å². The van der Waals surface area contributed by atoms with E-state index in [-0.39, 0.29) is 0 Å². The van der Waals surface area contributed by atoms with E-state index in [0.717, 1.165) is 52.1 Å². The lowest BCUT2D eigenvalue weighted by molar-refractivity contribution is -0.134. The third-order valence-corrected chi connectivity index (χ3v) is 3.99. The summed E-state index contributed by atoms with van der Waals surface area (Å²) in [5, 5.41) is 0. The number of nitrogens with zero attached hydrogens (tertiary/aromatic N) is 3. The normalized spacial score (nSPS) is 16.9. The van der Waals surface area contributed by atoms with Crippen LogP contribution in [0.4, 0.5) is 0 Å². The molecule has 0 aromatic heterocycles. The molecule has 0 N–H and O–H groups in total. The van der Waals surface area contributed by atoms with Crippen LogP contribution in [0.25, 0.3) is 0 Å². The fraction of sp³-hybridized carbons (Fsp3) is 0.938. The summed E-state index contributed by atoms with van der Waals surface area (Å²) in [5.74, 6) is 0.321. The van der Waals surface area contributed by atoms with Crippen LogP contribution >= 0.6 is 0 Å². The molecule has 1 aliphatic heterocycles. The van der Waals surface area contributed by atoms with Crippen molar-refractivity contribution in [3.63, 3.8) is 0 Å². The second-order valence-electron chi connectivity index (χ2n) is 5.85. The molecule has 1 fully saturated rings. The zero-order valence-electron chi connectivity index (χ0n) is 13.7. The van der Waals surface area contributed by atoms with Gasteiger partial charge < -0.3 is 4.90 Å². The van der Waals surface area contributed by atoms with Crippen molar-refractivity contribution in [2.24, 2.45) is 0 Å². The van der Waals surface area contributed by atoms with Gasteiger partial charge in [0.15, 0.2) is 0 Å². The summed E-state index contributed by atoms with van der Waals surface area (Å²) in [4.78, 5) is 19.2. The molecule has 1 heterocycles. The van der Waals surface area contributed by atoms with E-state index in [1.165, 1.54) is 19.4 Å². The Bertz CT molecular complexity index is 256. The van der Waals surface area contributed by atoms with Gasteiger partial charge in [-0.05, 0) is 38.9 Å². The van der Waals surface area contributed by atoms with Gasteiger partial charge >= 0.3 is 0 Å². The fourth-order valence-corrected chi connectivity index (χ4v) is 2.80. The Labute approximate surface area is 125 Å². The SMILES string of the molecule is CCCCN1CCN(C(=O)CN(CCC)CCC)CC1. The third-order valence-electron chi connectivity index (χ3n) is 3.99. The van der Waals surface area contributed by atoms with Gasteiger partial charge in [-0.25, -0.2) is 0 Å². The highest BCUT2D eigenvalue weighted by molar-refractivity contribution is 5.78. The largest absolute Gasteiger partial charge is 0.339 e. The van der Waals surface area contributed by atoms with Gasteiger partial charge in [0, 0.05) is 26.2 Å². The molecule has 0 saturated carbocycles. The molecule has 1 amide bonds. The van der Waals surface area contributed by atoms with Crippen LogP contribution < -0.4 is 0 Å². The lowest BCUT2D eigenvalue weighted by atomic mass is 10.2. The lowest BCUT2D eigenvalue weighted by Crippen LogP contribution is -2.51. The minimum Gasteiger partial charge on any atom is -0.339 e. The standard InChI is InChI=1S/C16H33N3O/c1-4-7-10-17-11-13-19(14-12-17)16(20)15-18(8-5-2)9-6-3/h4-15H2,1-3H3. The van der Waals surface area contributed by atoms with Gasteiger partial charge in [0.2, 0.25) is 5.91 Å². The van der Waals surface area contributed by atoms with E-state index in [1.807, 2.05) is 0 Å². The first-order chi connectivity index (χ1) is 9.71. The first kappa shape index (κ1) is 17.4. The predicted molar refractivity (Wildman–Crippen MR) is 85.0 cm³/mol. The molecular formula is C16H33N3O. The topological polar surface area (TPSA) is 26.8 Å². The summed E-state index contributed by atoms with van der Waals surface area (Å²) in [6, 6.07) is 0. The molecule has 0 bridgehead atoms. The summed E-state index contributed by atoms with van der Waals surface area (Å²) >= 11 is 0. The van der Waals surface area contributed by atoms with Gasteiger partial charge in [0.25, 0.3) is 0 Å². The summed E-state index contributed by atoms with van der Waals surface area (Å²) in [7, 11) is 0. The van der Waals surface area contributed by atoms with Crippen molar-refractivity contribution in [1.29, 1.82) is 0 Å². The van der Waals surface area contributed by atoms with Crippen LogP contribution in [0.15, 0.2) is 0 Å². The van der Waals surface area contributed by atoms with Crippen molar-refractivity contribution in [3.05, 3.63) is 0 Å². The maximum Gasteiger partial charge on any atom is 0.236 e. The summed E-state index contributed by atoms with van der Waals surface area (Å²) < 4.78 is 0. The summed E-state index contributed by atoms with van der Waals surface area (Å²) in [6.07, 6.45) is 4.77. The summed E-state index contributed by atoms with van der Waals surface area (Å²) in [5.41, 5.74) is 0. The molecule has 1 aliphatic rings. The van der Waals surface area contributed by atoms with Crippen LogP contribution in [-0.4, -0.2) is 73.0 Å². The average molecular weight is 283 g/mol. The quantitative estimate of drug-likeness (QED) is 0.648. The summed E-state index contributed by atoms with van der Waals surface area (Å²) in [6.45, 7) is 14.4. The molecule has 0 atom stereocenters. The van der Waals surface area contributed by atoms with Crippen molar-refractivity contribution in [1.82, 2.24) is 14.7 Å². The lowest BCUT2D eigenvalue weighted by Gasteiger charge is -2.35. The van der Waals surface area contributed by atoms with Gasteiger partial charge in [-0.15, -0.1) is 0 Å². The van der Waals surface area contributed by atoms with Gasteiger partial charge in [-0.2, -0.15) is 0 Å². The number of carbonyl (C=O) groups is 1. The van der Waals surface area contributed by atoms with Gasteiger partial charge in [-0.3, -0.25) is 14.6 Å². The van der Waals surface area contributed by atoms with E-state index in [1.54, 1.807) is 0 Å². The number of carbonyl (C=O) groups excluding carboxylic acids is 1. The van der Waals surface area contributed by atoms with Gasteiger partial charge in [-0.1, -0.05) is 27.2 Å². The zero-order valence-corrected chi connectivity index (χ0v) is 13.7. The number of amides is 1. The molecule has 0 spiro atoms. The van der Waals surface area contributed by atoms with E-state index in [9.17, 15) is 4.79 Å². The Kier molecular flexibility index (Phi) is 8.86. The fourth-order valence-electron chi connectivity index (χ4n) is 2.80. The van der Waals surface area contributed by atoms with E-state index < -0.39 is 0 Å². The zero-order chi connectivity index (χ0) is 14.8. The van der Waals surface area contributed by atoms with E-state index >= 15 is 0 Å². The molecule has 0 aliphatic carbocycles. The van der Waals surface area contributed by atoms with Crippen molar-refractivity contribution >= 4 is 5.91 Å². The minimum atomic E-state index is 0.321. The van der Waals surface area contributed by atoms with Crippen molar-refractivity contribution in [3.8, 4) is 0 Å². The molecular weight excluding hydrogens is 250 g/mol. The highest BCUT2D eigenvalue weighted by Crippen LogP contribution is 2.05. The van der Waals surface area contributed by atoms with Crippen LogP contribution in [0.1, 0.15) is 46.5 Å². The van der Waals surface area contributed by atoms with E-state index in [2.05, 4.69) is 35.5 Å². The maximum absolute atomic E-state index is 12.3. The van der Waals surface area contributed by atoms with Crippen LogP contribution in [0, 0.1) is 0 Å². The van der Waals surface area contributed by atoms with Crippen LogP contribution in [-0.2, 0) is 4.79 Å². The highest BCUT2D eigenvalue weighted by atomic mass is 16.2. The molecule has 0 aromatic carbocycles. The first-order valence-corrected chi connectivity index (χ1v) is 8.43. The molecule has 4 heteroatoms. The van der Waals surface area contributed by atoms with Crippen LogP contribution in [0.3, 0.4) is 0 Å². The number of unbranched alkanes of at least 4 members (excludes halogenated alkanes) is 1. The molecule has 20 heavy (non-hydrogen) atoms. The Morgan fingerprint density at radius 3 is 2.05 bits per heavy atom. The second-order valence-corrected chi connectivity index (χ2v) is 5.85. The Morgan fingerprint density at radius 1 is 0.950 bits per heavy atom. The van der Waals surface area contributed by atoms with Gasteiger partial charge in [0.05, 0.1) is 6.54 Å². The van der Waals surface area contributed by atoms with Crippen molar-refractivity contribution < 1.29 is 4.79 Å². The monoisotopic (exact) mass is 283 g/mol. The minimum absolute atomic E-state index is 0.321. The number of rotatable bonds is 9. The third kappa shape index (κ3) is 6.23. The average Bonchev–Trinajstić information content (AvgIpc) is 2.46. The predicted octanol–water partition coefficient (Wildman–Crippen LogP) is 2.05. The second kappa shape index (κ2) is 10.2. The molecule has 118 valence electrons. The number of hydrogen-bond acceptors (Lipinski definition) is 3. The Balaban J connectivity index is 2.30. The van der Waals surface area contributed by atoms with Crippen LogP contribution in [0.5, 0.6) is 0 Å². The highest BCUT2D eigenvalue weighted by Gasteiger charge is 2.21. The molecule has 0 unspecified atom stereocenters. The van der Waals surface area contributed by atoms with Gasteiger partial charge in [0.1, 0.15) is 0 Å². The molecule has 0 aromatic rings. The van der Waals surface area contributed by atoms with Crippen LogP contribution in [0.2, 0.25) is 0 Å². The van der Waals surface area contributed by atoms with E-state index in [0.29, 0.717) is 12.5 Å². The molecule has 1 rings (SSSR count). The Hall–Kier alpha value is -0.610. The van der Waals surface area contributed by atoms with E-state index in [4.69, 9.17) is 0 Å². The first-order valence-electron chi connectivity index (χ1n) is 8.43.